The van der Waals surface area contributed by atoms with E-state index in [0.29, 0.717) is 12.1 Å². The summed E-state index contributed by atoms with van der Waals surface area (Å²) < 4.78 is 5.99. The molecule has 102 valence electrons. The van der Waals surface area contributed by atoms with Crippen LogP contribution in [0.25, 0.3) is 0 Å². The molecule has 0 aromatic heterocycles. The maximum Gasteiger partial charge on any atom is 0.120 e. The zero-order valence-corrected chi connectivity index (χ0v) is 12.4. The van der Waals surface area contributed by atoms with Crippen molar-refractivity contribution in [3.63, 3.8) is 0 Å². The molecule has 1 aromatic rings. The summed E-state index contributed by atoms with van der Waals surface area (Å²) in [4.78, 5) is 2.47. The van der Waals surface area contributed by atoms with Gasteiger partial charge in [0, 0.05) is 19.1 Å². The number of aryl methyl sites for hydroxylation is 1. The Labute approximate surface area is 112 Å². The highest BCUT2D eigenvalue weighted by Crippen LogP contribution is 2.20. The molecule has 1 atom stereocenters. The van der Waals surface area contributed by atoms with Crippen molar-refractivity contribution in [2.24, 2.45) is 0 Å². The fraction of sp³-hybridized carbons (Fsp3) is 0.625. The number of nitrogens with zero attached hydrogens (tertiary/aromatic N) is 1. The molecule has 0 spiro atoms. The second-order valence-electron chi connectivity index (χ2n) is 4.93. The Morgan fingerprint density at radius 1 is 1.28 bits per heavy atom. The molecule has 1 unspecified atom stereocenters. The average Bonchev–Trinajstić information content (AvgIpc) is 2.80. The van der Waals surface area contributed by atoms with Crippen LogP contribution < -0.4 is 4.74 Å². The van der Waals surface area contributed by atoms with Gasteiger partial charge in [0.15, 0.2) is 0 Å². The summed E-state index contributed by atoms with van der Waals surface area (Å²) in [6.45, 7) is 12.8. The predicted octanol–water partition coefficient (Wildman–Crippen LogP) is 3.88. The zero-order valence-electron chi connectivity index (χ0n) is 12.4. The number of hydrogen-bond donors (Lipinski definition) is 0. The number of rotatable bonds is 3. The summed E-state index contributed by atoms with van der Waals surface area (Å²) in [7, 11) is 0. The summed E-state index contributed by atoms with van der Waals surface area (Å²) in [5.74, 6) is 1.01. The Hall–Kier alpha value is -1.02. The van der Waals surface area contributed by atoms with Crippen LogP contribution in [-0.2, 0) is 0 Å². The van der Waals surface area contributed by atoms with Crippen molar-refractivity contribution in [1.82, 2.24) is 4.90 Å². The van der Waals surface area contributed by atoms with Gasteiger partial charge in [0.05, 0.1) is 0 Å². The Kier molecular flexibility index (Phi) is 6.20. The van der Waals surface area contributed by atoms with Crippen molar-refractivity contribution >= 4 is 0 Å². The highest BCUT2D eigenvalue weighted by molar-refractivity contribution is 5.27. The van der Waals surface area contributed by atoms with Gasteiger partial charge in [-0.25, -0.2) is 0 Å². The third-order valence-electron chi connectivity index (χ3n) is 3.20. The molecular weight excluding hydrogens is 222 g/mol. The van der Waals surface area contributed by atoms with E-state index in [-0.39, 0.29) is 0 Å². The van der Waals surface area contributed by atoms with E-state index in [4.69, 9.17) is 4.74 Å². The van der Waals surface area contributed by atoms with Crippen LogP contribution in [0, 0.1) is 6.92 Å². The van der Waals surface area contributed by atoms with E-state index in [2.05, 4.69) is 43.9 Å². The summed E-state index contributed by atoms with van der Waals surface area (Å²) in [5, 5.41) is 0. The Bertz CT molecular complexity index is 349. The minimum absolute atomic E-state index is 0.365. The van der Waals surface area contributed by atoms with Crippen LogP contribution in [0.4, 0.5) is 0 Å². The topological polar surface area (TPSA) is 12.5 Å². The third-order valence-corrected chi connectivity index (χ3v) is 3.20. The first kappa shape index (κ1) is 15.0. The summed E-state index contributed by atoms with van der Waals surface area (Å²) in [6, 6.07) is 8.94. The van der Waals surface area contributed by atoms with Crippen molar-refractivity contribution in [2.75, 3.05) is 13.1 Å². The number of ether oxygens (including phenoxy) is 1. The molecule has 1 aliphatic heterocycles. The molecule has 1 aromatic carbocycles. The SMILES string of the molecule is CC.Cc1cccc(OC2CCN(C(C)C)C2)c1. The lowest BCUT2D eigenvalue weighted by Gasteiger charge is -2.20. The van der Waals surface area contributed by atoms with Crippen LogP contribution in [0.2, 0.25) is 0 Å². The van der Waals surface area contributed by atoms with Gasteiger partial charge in [0.2, 0.25) is 0 Å². The maximum atomic E-state index is 5.99. The van der Waals surface area contributed by atoms with Gasteiger partial charge in [0.1, 0.15) is 11.9 Å². The molecule has 18 heavy (non-hydrogen) atoms. The monoisotopic (exact) mass is 249 g/mol. The highest BCUT2D eigenvalue weighted by atomic mass is 16.5. The molecule has 1 aliphatic rings. The first-order valence-electron chi connectivity index (χ1n) is 7.12. The van der Waals surface area contributed by atoms with Gasteiger partial charge >= 0.3 is 0 Å². The molecular formula is C16H27NO. The molecule has 1 fully saturated rings. The minimum atomic E-state index is 0.365. The first-order chi connectivity index (χ1) is 8.65. The maximum absolute atomic E-state index is 5.99. The van der Waals surface area contributed by atoms with Crippen molar-refractivity contribution in [3.05, 3.63) is 29.8 Å². The Balaban J connectivity index is 0.000000771. The van der Waals surface area contributed by atoms with Gasteiger partial charge in [-0.05, 0) is 44.9 Å². The van der Waals surface area contributed by atoms with E-state index in [1.54, 1.807) is 0 Å². The van der Waals surface area contributed by atoms with E-state index < -0.39 is 0 Å². The molecule has 0 amide bonds. The molecule has 0 N–H and O–H groups in total. The summed E-state index contributed by atoms with van der Waals surface area (Å²) in [5.41, 5.74) is 1.26. The fourth-order valence-electron chi connectivity index (χ4n) is 2.20. The quantitative estimate of drug-likeness (QED) is 0.806. The van der Waals surface area contributed by atoms with Crippen LogP contribution in [0.5, 0.6) is 5.75 Å². The van der Waals surface area contributed by atoms with Gasteiger partial charge in [-0.3, -0.25) is 4.90 Å². The summed E-state index contributed by atoms with van der Waals surface area (Å²) in [6.07, 6.45) is 1.51. The molecule has 2 heteroatoms. The van der Waals surface area contributed by atoms with E-state index in [9.17, 15) is 0 Å². The average molecular weight is 249 g/mol. The highest BCUT2D eigenvalue weighted by Gasteiger charge is 2.25. The molecule has 0 radical (unpaired) electrons. The van der Waals surface area contributed by atoms with Crippen LogP contribution >= 0.6 is 0 Å². The summed E-state index contributed by atoms with van der Waals surface area (Å²) >= 11 is 0. The standard InChI is InChI=1S/C14H21NO.C2H6/c1-11(2)15-8-7-14(10-15)16-13-6-4-5-12(3)9-13;1-2/h4-6,9,11,14H,7-8,10H2,1-3H3;1-2H3. The number of likely N-dealkylation sites (tertiary alicyclic amines) is 1. The minimum Gasteiger partial charge on any atom is -0.489 e. The largest absolute Gasteiger partial charge is 0.489 e. The zero-order chi connectivity index (χ0) is 13.5. The first-order valence-corrected chi connectivity index (χ1v) is 7.12. The molecule has 0 bridgehead atoms. The van der Waals surface area contributed by atoms with E-state index in [1.165, 1.54) is 5.56 Å². The van der Waals surface area contributed by atoms with Crippen molar-refractivity contribution < 1.29 is 4.74 Å². The molecule has 1 heterocycles. The molecule has 0 aliphatic carbocycles. The lowest BCUT2D eigenvalue weighted by atomic mass is 10.2. The lowest BCUT2D eigenvalue weighted by molar-refractivity contribution is 0.187. The van der Waals surface area contributed by atoms with E-state index in [1.807, 2.05) is 19.9 Å². The second kappa shape index (κ2) is 7.42. The van der Waals surface area contributed by atoms with Gasteiger partial charge < -0.3 is 4.74 Å². The second-order valence-corrected chi connectivity index (χ2v) is 4.93. The normalized spacial score (nSPS) is 19.6. The van der Waals surface area contributed by atoms with Gasteiger partial charge in [0.25, 0.3) is 0 Å². The Morgan fingerprint density at radius 2 is 2.00 bits per heavy atom. The smallest absolute Gasteiger partial charge is 0.120 e. The van der Waals surface area contributed by atoms with Crippen LogP contribution in [-0.4, -0.2) is 30.1 Å². The van der Waals surface area contributed by atoms with Gasteiger partial charge in [-0.2, -0.15) is 0 Å². The lowest BCUT2D eigenvalue weighted by Crippen LogP contribution is -2.30. The number of hydrogen-bond acceptors (Lipinski definition) is 2. The molecule has 0 saturated carbocycles. The van der Waals surface area contributed by atoms with Crippen LogP contribution in [0.15, 0.2) is 24.3 Å². The van der Waals surface area contributed by atoms with E-state index >= 15 is 0 Å². The third kappa shape index (κ3) is 4.34. The van der Waals surface area contributed by atoms with Gasteiger partial charge in [-0.15, -0.1) is 0 Å². The number of benzene rings is 1. The van der Waals surface area contributed by atoms with Crippen molar-refractivity contribution in [2.45, 2.75) is 53.2 Å². The van der Waals surface area contributed by atoms with Crippen molar-refractivity contribution in [1.29, 1.82) is 0 Å². The predicted molar refractivity (Wildman–Crippen MR) is 78.3 cm³/mol. The van der Waals surface area contributed by atoms with E-state index in [0.717, 1.165) is 25.3 Å². The van der Waals surface area contributed by atoms with Crippen LogP contribution in [0.1, 0.15) is 39.7 Å². The fourth-order valence-corrected chi connectivity index (χ4v) is 2.20. The Morgan fingerprint density at radius 3 is 2.56 bits per heavy atom. The molecule has 1 saturated heterocycles. The van der Waals surface area contributed by atoms with Crippen LogP contribution in [0.3, 0.4) is 0 Å². The molecule has 2 rings (SSSR count). The van der Waals surface area contributed by atoms with Crippen molar-refractivity contribution in [3.8, 4) is 5.75 Å². The van der Waals surface area contributed by atoms with Gasteiger partial charge in [-0.1, -0.05) is 26.0 Å². The molecule has 2 nitrogen and oxygen atoms in total.